The van der Waals surface area contributed by atoms with Gasteiger partial charge in [0.2, 0.25) is 0 Å². The maximum atomic E-state index is 13.6. The third kappa shape index (κ3) is 3.95. The van der Waals surface area contributed by atoms with Gasteiger partial charge in [-0.2, -0.15) is 0 Å². The normalized spacial score (nSPS) is 11.8. The highest BCUT2D eigenvalue weighted by Crippen LogP contribution is 2.21. The topological polar surface area (TPSA) is 38.3 Å². The number of carbonyl (C=O) groups excluding carboxylic acids is 1. The first-order chi connectivity index (χ1) is 10.5. The van der Waals surface area contributed by atoms with Crippen molar-refractivity contribution in [3.63, 3.8) is 0 Å². The standard InChI is InChI=1S/C16H14ClF2NO2/c1-2-14(22-15-6-4-3-5-13(15)19)16(21)20-10-7-8-12(18)11(17)9-10/h3-9,14H,2H2,1H3,(H,20,21)/t14-/m0/s1. The van der Waals surface area contributed by atoms with Gasteiger partial charge in [-0.1, -0.05) is 30.7 Å². The van der Waals surface area contributed by atoms with Crippen LogP contribution in [0.25, 0.3) is 0 Å². The van der Waals surface area contributed by atoms with Gasteiger partial charge in [0.05, 0.1) is 5.02 Å². The number of benzene rings is 2. The van der Waals surface area contributed by atoms with Gasteiger partial charge in [0.1, 0.15) is 5.82 Å². The zero-order valence-electron chi connectivity index (χ0n) is 11.8. The van der Waals surface area contributed by atoms with Crippen LogP contribution in [0.5, 0.6) is 5.75 Å². The first-order valence-corrected chi connectivity index (χ1v) is 7.06. The van der Waals surface area contributed by atoms with Crippen LogP contribution in [0.4, 0.5) is 14.5 Å². The molecule has 0 aliphatic carbocycles. The number of amides is 1. The number of carbonyl (C=O) groups is 1. The first kappa shape index (κ1) is 16.2. The van der Waals surface area contributed by atoms with E-state index in [1.54, 1.807) is 13.0 Å². The van der Waals surface area contributed by atoms with Crippen molar-refractivity contribution in [1.82, 2.24) is 0 Å². The van der Waals surface area contributed by atoms with Crippen LogP contribution in [0, 0.1) is 11.6 Å². The minimum atomic E-state index is -0.874. The van der Waals surface area contributed by atoms with Gasteiger partial charge in [0.15, 0.2) is 17.7 Å². The molecule has 0 unspecified atom stereocenters. The summed E-state index contributed by atoms with van der Waals surface area (Å²) in [6, 6.07) is 9.67. The predicted octanol–water partition coefficient (Wildman–Crippen LogP) is 4.41. The Bertz CT molecular complexity index is 679. The van der Waals surface area contributed by atoms with E-state index in [0.717, 1.165) is 6.07 Å². The summed E-state index contributed by atoms with van der Waals surface area (Å²) >= 11 is 5.65. The number of nitrogens with one attached hydrogen (secondary N) is 1. The number of hydrogen-bond acceptors (Lipinski definition) is 2. The molecule has 0 aliphatic rings. The minimum absolute atomic E-state index is 0.00152. The average Bonchev–Trinajstić information content (AvgIpc) is 2.50. The van der Waals surface area contributed by atoms with Crippen molar-refractivity contribution in [3.8, 4) is 5.75 Å². The van der Waals surface area contributed by atoms with E-state index in [1.807, 2.05) is 0 Å². The summed E-state index contributed by atoms with van der Waals surface area (Å²) in [6.07, 6.45) is -0.532. The SMILES string of the molecule is CC[C@H](Oc1ccccc1F)C(=O)Nc1ccc(F)c(Cl)c1. The molecule has 1 amide bonds. The molecule has 0 fully saturated rings. The summed E-state index contributed by atoms with van der Waals surface area (Å²) in [6.45, 7) is 1.74. The predicted molar refractivity (Wildman–Crippen MR) is 81.1 cm³/mol. The molecule has 1 N–H and O–H groups in total. The van der Waals surface area contributed by atoms with E-state index in [0.29, 0.717) is 12.1 Å². The fourth-order valence-electron chi connectivity index (χ4n) is 1.81. The van der Waals surface area contributed by atoms with E-state index >= 15 is 0 Å². The third-order valence-corrected chi connectivity index (χ3v) is 3.25. The van der Waals surface area contributed by atoms with Crippen LogP contribution in [-0.2, 0) is 4.79 Å². The Kier molecular flexibility index (Phi) is 5.33. The van der Waals surface area contributed by atoms with Crippen LogP contribution in [0.1, 0.15) is 13.3 Å². The van der Waals surface area contributed by atoms with E-state index in [9.17, 15) is 13.6 Å². The molecule has 0 aliphatic heterocycles. The molecule has 116 valence electrons. The van der Waals surface area contributed by atoms with Crippen molar-refractivity contribution < 1.29 is 18.3 Å². The zero-order valence-corrected chi connectivity index (χ0v) is 12.5. The van der Waals surface area contributed by atoms with Gasteiger partial charge in [0, 0.05) is 5.69 Å². The van der Waals surface area contributed by atoms with Crippen LogP contribution in [0.2, 0.25) is 5.02 Å². The van der Waals surface area contributed by atoms with Crippen molar-refractivity contribution in [2.45, 2.75) is 19.4 Å². The van der Waals surface area contributed by atoms with Crippen LogP contribution in [0.3, 0.4) is 0 Å². The highest BCUT2D eigenvalue weighted by Gasteiger charge is 2.20. The van der Waals surface area contributed by atoms with Crippen molar-refractivity contribution >= 4 is 23.2 Å². The fourth-order valence-corrected chi connectivity index (χ4v) is 1.99. The van der Waals surface area contributed by atoms with Crippen LogP contribution < -0.4 is 10.1 Å². The Balaban J connectivity index is 2.08. The van der Waals surface area contributed by atoms with Gasteiger partial charge >= 0.3 is 0 Å². The van der Waals surface area contributed by atoms with Crippen LogP contribution >= 0.6 is 11.6 Å². The summed E-state index contributed by atoms with van der Waals surface area (Å²) in [5, 5.41) is 2.47. The monoisotopic (exact) mass is 325 g/mol. The molecule has 6 heteroatoms. The van der Waals surface area contributed by atoms with Crippen LogP contribution in [-0.4, -0.2) is 12.0 Å². The smallest absolute Gasteiger partial charge is 0.265 e. The molecule has 0 heterocycles. The van der Waals surface area contributed by atoms with E-state index < -0.39 is 23.6 Å². The zero-order chi connectivity index (χ0) is 16.1. The van der Waals surface area contributed by atoms with Gasteiger partial charge in [-0.05, 0) is 36.8 Å². The Morgan fingerprint density at radius 2 is 1.95 bits per heavy atom. The Morgan fingerprint density at radius 1 is 1.23 bits per heavy atom. The molecule has 2 rings (SSSR count). The maximum absolute atomic E-state index is 13.6. The molecule has 0 bridgehead atoms. The van der Waals surface area contributed by atoms with E-state index in [4.69, 9.17) is 16.3 Å². The molecular formula is C16H14ClF2NO2. The number of anilines is 1. The van der Waals surface area contributed by atoms with E-state index in [-0.39, 0.29) is 10.8 Å². The van der Waals surface area contributed by atoms with E-state index in [1.165, 1.54) is 30.3 Å². The molecule has 0 spiro atoms. The van der Waals surface area contributed by atoms with Crippen molar-refractivity contribution in [2.24, 2.45) is 0 Å². The Morgan fingerprint density at radius 3 is 2.59 bits per heavy atom. The molecule has 0 saturated carbocycles. The summed E-state index contributed by atoms with van der Waals surface area (Å²) < 4.78 is 32.0. The molecule has 3 nitrogen and oxygen atoms in total. The quantitative estimate of drug-likeness (QED) is 0.884. The second kappa shape index (κ2) is 7.22. The third-order valence-electron chi connectivity index (χ3n) is 2.96. The number of hydrogen-bond donors (Lipinski definition) is 1. The number of rotatable bonds is 5. The summed E-state index contributed by atoms with van der Waals surface area (Å²) in [5.74, 6) is -1.58. The summed E-state index contributed by atoms with van der Waals surface area (Å²) in [7, 11) is 0. The van der Waals surface area contributed by atoms with Gasteiger partial charge < -0.3 is 10.1 Å². The fraction of sp³-hybridized carbons (Fsp3) is 0.188. The van der Waals surface area contributed by atoms with Crippen LogP contribution in [0.15, 0.2) is 42.5 Å². The largest absolute Gasteiger partial charge is 0.478 e. The molecule has 0 radical (unpaired) electrons. The maximum Gasteiger partial charge on any atom is 0.265 e. The lowest BCUT2D eigenvalue weighted by Crippen LogP contribution is -2.32. The number of para-hydroxylation sites is 1. The van der Waals surface area contributed by atoms with Crippen molar-refractivity contribution in [2.75, 3.05) is 5.32 Å². The van der Waals surface area contributed by atoms with Gasteiger partial charge in [-0.25, -0.2) is 8.78 Å². The van der Waals surface area contributed by atoms with Gasteiger partial charge in [-0.3, -0.25) is 4.79 Å². The molecule has 1 atom stereocenters. The number of ether oxygens (including phenoxy) is 1. The number of halogens is 3. The summed E-state index contributed by atoms with van der Waals surface area (Å²) in [5.41, 5.74) is 0.340. The molecule has 22 heavy (non-hydrogen) atoms. The second-order valence-electron chi connectivity index (χ2n) is 4.56. The molecule has 2 aromatic rings. The minimum Gasteiger partial charge on any atom is -0.478 e. The van der Waals surface area contributed by atoms with Crippen molar-refractivity contribution in [1.29, 1.82) is 0 Å². The molecular weight excluding hydrogens is 312 g/mol. The lowest BCUT2D eigenvalue weighted by Gasteiger charge is -2.17. The lowest BCUT2D eigenvalue weighted by molar-refractivity contribution is -0.122. The molecule has 2 aromatic carbocycles. The van der Waals surface area contributed by atoms with Gasteiger partial charge in [0.25, 0.3) is 5.91 Å². The highest BCUT2D eigenvalue weighted by atomic mass is 35.5. The molecule has 0 saturated heterocycles. The Labute approximate surface area is 131 Å². The second-order valence-corrected chi connectivity index (χ2v) is 4.97. The van der Waals surface area contributed by atoms with Crippen molar-refractivity contribution in [3.05, 3.63) is 59.1 Å². The highest BCUT2D eigenvalue weighted by molar-refractivity contribution is 6.31. The lowest BCUT2D eigenvalue weighted by atomic mass is 10.2. The summed E-state index contributed by atoms with van der Waals surface area (Å²) in [4.78, 5) is 12.2. The Hall–Kier alpha value is -2.14. The van der Waals surface area contributed by atoms with E-state index in [2.05, 4.69) is 5.32 Å². The molecule has 0 aromatic heterocycles. The average molecular weight is 326 g/mol. The van der Waals surface area contributed by atoms with Gasteiger partial charge in [-0.15, -0.1) is 0 Å². The first-order valence-electron chi connectivity index (χ1n) is 6.68.